The van der Waals surface area contributed by atoms with Crippen LogP contribution in [0, 0.1) is 5.92 Å². The van der Waals surface area contributed by atoms with Gasteiger partial charge in [0.1, 0.15) is 0 Å². The summed E-state index contributed by atoms with van der Waals surface area (Å²) in [5.74, 6) is 0.121. The monoisotopic (exact) mass is 249 g/mol. The van der Waals surface area contributed by atoms with Crippen molar-refractivity contribution >= 4 is 17.3 Å². The number of amides is 1. The van der Waals surface area contributed by atoms with E-state index in [1.54, 1.807) is 12.1 Å². The van der Waals surface area contributed by atoms with Gasteiger partial charge in [-0.15, -0.1) is 0 Å². The van der Waals surface area contributed by atoms with E-state index >= 15 is 0 Å². The Hall–Kier alpha value is -1.75. The highest BCUT2D eigenvalue weighted by Gasteiger charge is 2.13. The zero-order valence-electron chi connectivity index (χ0n) is 10.3. The Labute approximate surface area is 106 Å². The molecule has 0 atom stereocenters. The van der Waals surface area contributed by atoms with E-state index in [9.17, 15) is 4.79 Å². The van der Waals surface area contributed by atoms with E-state index < -0.39 is 5.91 Å². The van der Waals surface area contributed by atoms with Gasteiger partial charge in [0.25, 0.3) is 5.91 Å². The summed E-state index contributed by atoms with van der Waals surface area (Å²) in [6.07, 6.45) is 2.15. The maximum atomic E-state index is 11.2. The molecule has 5 heteroatoms. The molecule has 0 aliphatic carbocycles. The maximum absolute atomic E-state index is 11.2. The number of anilines is 2. The minimum Gasteiger partial charge on any atom is -0.398 e. The number of hydrogen-bond acceptors (Lipinski definition) is 4. The molecular formula is C13H19N3O2. The molecule has 0 unspecified atom stereocenters. The van der Waals surface area contributed by atoms with E-state index in [0.29, 0.717) is 17.2 Å². The second-order valence-electron chi connectivity index (χ2n) is 4.60. The predicted molar refractivity (Wildman–Crippen MR) is 71.4 cm³/mol. The van der Waals surface area contributed by atoms with Crippen LogP contribution in [0.25, 0.3) is 0 Å². The van der Waals surface area contributed by atoms with Gasteiger partial charge >= 0.3 is 0 Å². The zero-order valence-corrected chi connectivity index (χ0v) is 10.3. The Morgan fingerprint density at radius 3 is 2.78 bits per heavy atom. The lowest BCUT2D eigenvalue weighted by Gasteiger charge is -2.22. The SMILES string of the molecule is NC(=O)c1cc(NCC2CCOCC2)ccc1N. The van der Waals surface area contributed by atoms with Crippen molar-refractivity contribution in [3.05, 3.63) is 23.8 Å². The molecule has 0 spiro atoms. The van der Waals surface area contributed by atoms with Crippen LogP contribution in [-0.4, -0.2) is 25.7 Å². The van der Waals surface area contributed by atoms with E-state index in [1.807, 2.05) is 6.07 Å². The van der Waals surface area contributed by atoms with Gasteiger partial charge in [-0.1, -0.05) is 0 Å². The number of nitrogens with one attached hydrogen (secondary N) is 1. The number of hydrogen-bond donors (Lipinski definition) is 3. The van der Waals surface area contributed by atoms with Crippen molar-refractivity contribution in [2.45, 2.75) is 12.8 Å². The number of carbonyl (C=O) groups is 1. The van der Waals surface area contributed by atoms with E-state index in [4.69, 9.17) is 16.2 Å². The molecule has 1 heterocycles. The number of primary amides is 1. The number of carbonyl (C=O) groups excluding carboxylic acids is 1. The first-order valence-electron chi connectivity index (χ1n) is 6.18. The van der Waals surface area contributed by atoms with Gasteiger partial charge in [0, 0.05) is 31.1 Å². The first-order valence-corrected chi connectivity index (χ1v) is 6.18. The highest BCUT2D eigenvalue weighted by molar-refractivity contribution is 5.98. The summed E-state index contributed by atoms with van der Waals surface area (Å²) in [5.41, 5.74) is 12.6. The molecule has 1 aromatic carbocycles. The summed E-state index contributed by atoms with van der Waals surface area (Å²) in [6, 6.07) is 5.27. The van der Waals surface area contributed by atoms with E-state index in [0.717, 1.165) is 38.3 Å². The number of nitrogens with two attached hydrogens (primary N) is 2. The molecule has 5 N–H and O–H groups in total. The molecule has 1 amide bonds. The number of benzene rings is 1. The average molecular weight is 249 g/mol. The Morgan fingerprint density at radius 1 is 1.39 bits per heavy atom. The van der Waals surface area contributed by atoms with E-state index in [-0.39, 0.29) is 0 Å². The molecule has 1 aromatic rings. The van der Waals surface area contributed by atoms with Gasteiger partial charge in [-0.05, 0) is 37.0 Å². The largest absolute Gasteiger partial charge is 0.398 e. The summed E-state index contributed by atoms with van der Waals surface area (Å²) in [4.78, 5) is 11.2. The van der Waals surface area contributed by atoms with Gasteiger partial charge in [0.15, 0.2) is 0 Å². The smallest absolute Gasteiger partial charge is 0.250 e. The van der Waals surface area contributed by atoms with Gasteiger partial charge < -0.3 is 21.5 Å². The molecule has 0 aromatic heterocycles. The zero-order chi connectivity index (χ0) is 13.0. The fraction of sp³-hybridized carbons (Fsp3) is 0.462. The third kappa shape index (κ3) is 3.13. The maximum Gasteiger partial charge on any atom is 0.250 e. The standard InChI is InChI=1S/C13H19N3O2/c14-12-2-1-10(7-11(12)13(15)17)16-8-9-3-5-18-6-4-9/h1-2,7,9,16H,3-6,8,14H2,(H2,15,17). The summed E-state index contributed by atoms with van der Waals surface area (Å²) in [7, 11) is 0. The van der Waals surface area contributed by atoms with Crippen molar-refractivity contribution in [1.29, 1.82) is 0 Å². The molecule has 1 aliphatic rings. The summed E-state index contributed by atoms with van der Waals surface area (Å²) >= 11 is 0. The van der Waals surface area contributed by atoms with Crippen molar-refractivity contribution < 1.29 is 9.53 Å². The lowest BCUT2D eigenvalue weighted by atomic mass is 10.0. The molecular weight excluding hydrogens is 230 g/mol. The van der Waals surface area contributed by atoms with Crippen LogP contribution in [-0.2, 0) is 4.74 Å². The quantitative estimate of drug-likeness (QED) is 0.699. The molecule has 5 nitrogen and oxygen atoms in total. The predicted octanol–water partition coefficient (Wildman–Crippen LogP) is 1.21. The third-order valence-electron chi connectivity index (χ3n) is 3.25. The van der Waals surface area contributed by atoms with Crippen molar-refractivity contribution in [3.63, 3.8) is 0 Å². The molecule has 1 saturated heterocycles. The van der Waals surface area contributed by atoms with Crippen LogP contribution in [0.15, 0.2) is 18.2 Å². The Kier molecular flexibility index (Phi) is 4.04. The fourth-order valence-corrected chi connectivity index (χ4v) is 2.09. The molecule has 0 radical (unpaired) electrons. The van der Waals surface area contributed by atoms with Gasteiger partial charge in [-0.2, -0.15) is 0 Å². The van der Waals surface area contributed by atoms with Crippen molar-refractivity contribution in [3.8, 4) is 0 Å². The minimum atomic E-state index is -0.498. The molecule has 18 heavy (non-hydrogen) atoms. The first kappa shape index (κ1) is 12.7. The Morgan fingerprint density at radius 2 is 2.11 bits per heavy atom. The summed E-state index contributed by atoms with van der Waals surface area (Å²) < 4.78 is 5.31. The Bertz CT molecular complexity index is 428. The Balaban J connectivity index is 1.96. The van der Waals surface area contributed by atoms with Crippen LogP contribution in [0.3, 0.4) is 0 Å². The van der Waals surface area contributed by atoms with Crippen LogP contribution in [0.4, 0.5) is 11.4 Å². The highest BCUT2D eigenvalue weighted by Crippen LogP contribution is 2.19. The first-order chi connectivity index (χ1) is 8.66. The lowest BCUT2D eigenvalue weighted by Crippen LogP contribution is -2.22. The molecule has 0 bridgehead atoms. The van der Waals surface area contributed by atoms with Crippen molar-refractivity contribution in [1.82, 2.24) is 0 Å². The number of nitrogen functional groups attached to an aromatic ring is 1. The van der Waals surface area contributed by atoms with Gasteiger partial charge in [0.2, 0.25) is 0 Å². The third-order valence-corrected chi connectivity index (χ3v) is 3.25. The van der Waals surface area contributed by atoms with Crippen LogP contribution in [0.2, 0.25) is 0 Å². The molecule has 1 aliphatic heterocycles. The van der Waals surface area contributed by atoms with Crippen molar-refractivity contribution in [2.24, 2.45) is 11.7 Å². The van der Waals surface area contributed by atoms with Crippen LogP contribution in [0.1, 0.15) is 23.2 Å². The molecule has 0 saturated carbocycles. The van der Waals surface area contributed by atoms with Crippen molar-refractivity contribution in [2.75, 3.05) is 30.8 Å². The van der Waals surface area contributed by atoms with Gasteiger partial charge in [0.05, 0.1) is 5.56 Å². The number of rotatable bonds is 4. The van der Waals surface area contributed by atoms with E-state index in [1.165, 1.54) is 0 Å². The fourth-order valence-electron chi connectivity index (χ4n) is 2.09. The number of ether oxygens (including phenoxy) is 1. The summed E-state index contributed by atoms with van der Waals surface area (Å²) in [6.45, 7) is 2.55. The van der Waals surface area contributed by atoms with Crippen LogP contribution < -0.4 is 16.8 Å². The lowest BCUT2D eigenvalue weighted by molar-refractivity contribution is 0.0699. The van der Waals surface area contributed by atoms with Gasteiger partial charge in [-0.3, -0.25) is 4.79 Å². The molecule has 1 fully saturated rings. The summed E-state index contributed by atoms with van der Waals surface area (Å²) in [5, 5.41) is 3.32. The average Bonchev–Trinajstić information content (AvgIpc) is 2.38. The normalized spacial score (nSPS) is 16.4. The second kappa shape index (κ2) is 5.73. The van der Waals surface area contributed by atoms with Crippen LogP contribution in [0.5, 0.6) is 0 Å². The second-order valence-corrected chi connectivity index (χ2v) is 4.60. The molecule has 98 valence electrons. The van der Waals surface area contributed by atoms with Gasteiger partial charge in [-0.25, -0.2) is 0 Å². The topological polar surface area (TPSA) is 90.4 Å². The van der Waals surface area contributed by atoms with Crippen LogP contribution >= 0.6 is 0 Å². The van der Waals surface area contributed by atoms with E-state index in [2.05, 4.69) is 5.32 Å². The highest BCUT2D eigenvalue weighted by atomic mass is 16.5. The minimum absolute atomic E-state index is 0.368. The molecule has 2 rings (SSSR count).